The van der Waals surface area contributed by atoms with Crippen LogP contribution in [0.5, 0.6) is 0 Å². The molecule has 4 aromatic rings. The number of amides is 2. The number of carbonyl (C=O) groups excluding carboxylic acids is 2. The van der Waals surface area contributed by atoms with Gasteiger partial charge in [-0.1, -0.05) is 24.3 Å². The van der Waals surface area contributed by atoms with E-state index in [0.717, 1.165) is 4.88 Å². The molecule has 0 saturated heterocycles. The van der Waals surface area contributed by atoms with Gasteiger partial charge in [-0.15, -0.1) is 11.3 Å². The minimum Gasteiger partial charge on any atom is -0.459 e. The SMILES string of the molecule is O=C(NNC(=O)c1cc(-c2cccs2)nc2ccccc12)c1ccco1. The first-order valence-corrected chi connectivity index (χ1v) is 8.68. The van der Waals surface area contributed by atoms with E-state index in [4.69, 9.17) is 4.42 Å². The number of carbonyl (C=O) groups is 2. The minimum absolute atomic E-state index is 0.115. The van der Waals surface area contributed by atoms with Crippen LogP contribution in [0.2, 0.25) is 0 Å². The van der Waals surface area contributed by atoms with E-state index in [2.05, 4.69) is 15.8 Å². The molecule has 2 N–H and O–H groups in total. The van der Waals surface area contributed by atoms with Gasteiger partial charge in [-0.2, -0.15) is 0 Å². The maximum absolute atomic E-state index is 12.7. The highest BCUT2D eigenvalue weighted by Crippen LogP contribution is 2.27. The number of rotatable bonds is 3. The van der Waals surface area contributed by atoms with Crippen LogP contribution in [0.25, 0.3) is 21.5 Å². The lowest BCUT2D eigenvalue weighted by atomic mass is 10.1. The predicted octanol–water partition coefficient (Wildman–Crippen LogP) is 3.63. The van der Waals surface area contributed by atoms with Crippen molar-refractivity contribution in [2.75, 3.05) is 0 Å². The number of hydrazine groups is 1. The maximum Gasteiger partial charge on any atom is 0.305 e. The number of benzene rings is 1. The molecule has 0 unspecified atom stereocenters. The lowest BCUT2D eigenvalue weighted by molar-refractivity contribution is 0.0831. The number of aromatic nitrogens is 1. The smallest absolute Gasteiger partial charge is 0.305 e. The normalized spacial score (nSPS) is 10.6. The molecule has 2 amide bonds. The molecule has 26 heavy (non-hydrogen) atoms. The van der Waals surface area contributed by atoms with Gasteiger partial charge in [0.15, 0.2) is 5.76 Å². The Hall–Kier alpha value is -3.45. The Morgan fingerprint density at radius 1 is 0.962 bits per heavy atom. The van der Waals surface area contributed by atoms with E-state index >= 15 is 0 Å². The van der Waals surface area contributed by atoms with E-state index in [1.807, 2.05) is 41.8 Å². The Labute approximate surface area is 152 Å². The summed E-state index contributed by atoms with van der Waals surface area (Å²) in [6.07, 6.45) is 1.39. The van der Waals surface area contributed by atoms with Crippen LogP contribution in [0.15, 0.2) is 70.7 Å². The fourth-order valence-electron chi connectivity index (χ4n) is 2.56. The van der Waals surface area contributed by atoms with Gasteiger partial charge in [0.2, 0.25) is 0 Å². The third-order valence-electron chi connectivity index (χ3n) is 3.77. The third-order valence-corrected chi connectivity index (χ3v) is 4.66. The van der Waals surface area contributed by atoms with Crippen LogP contribution in [0.1, 0.15) is 20.9 Å². The molecule has 0 bridgehead atoms. The highest BCUT2D eigenvalue weighted by atomic mass is 32.1. The zero-order valence-electron chi connectivity index (χ0n) is 13.4. The van der Waals surface area contributed by atoms with Crippen molar-refractivity contribution >= 4 is 34.1 Å². The summed E-state index contributed by atoms with van der Waals surface area (Å²) in [5.74, 6) is -0.842. The van der Waals surface area contributed by atoms with E-state index < -0.39 is 11.8 Å². The summed E-state index contributed by atoms with van der Waals surface area (Å²) in [6, 6.07) is 16.1. The van der Waals surface area contributed by atoms with E-state index in [-0.39, 0.29) is 5.76 Å². The van der Waals surface area contributed by atoms with Crippen LogP contribution in [-0.4, -0.2) is 16.8 Å². The van der Waals surface area contributed by atoms with Crippen molar-refractivity contribution in [3.05, 3.63) is 77.6 Å². The molecule has 4 rings (SSSR count). The largest absolute Gasteiger partial charge is 0.459 e. The number of pyridine rings is 1. The lowest BCUT2D eigenvalue weighted by Crippen LogP contribution is -2.41. The Bertz CT molecular complexity index is 1070. The fraction of sp³-hybridized carbons (Fsp3) is 0. The molecule has 128 valence electrons. The second-order valence-electron chi connectivity index (χ2n) is 5.44. The number of para-hydroxylation sites is 1. The van der Waals surface area contributed by atoms with E-state index in [0.29, 0.717) is 22.2 Å². The van der Waals surface area contributed by atoms with Crippen molar-refractivity contribution in [3.8, 4) is 10.6 Å². The first kappa shape index (κ1) is 16.0. The molecular weight excluding hydrogens is 350 g/mol. The van der Waals surface area contributed by atoms with E-state index in [1.165, 1.54) is 12.3 Å². The number of furan rings is 1. The Kier molecular flexibility index (Phi) is 4.20. The molecule has 0 aliphatic heterocycles. The summed E-state index contributed by atoms with van der Waals surface area (Å²) >= 11 is 1.55. The molecule has 0 atom stereocenters. The molecule has 0 aliphatic carbocycles. The number of nitrogens with zero attached hydrogens (tertiary/aromatic N) is 1. The number of fused-ring (bicyclic) bond motifs is 1. The standard InChI is InChI=1S/C19H13N3O3S/c23-18(21-22-19(24)16-7-3-9-25-16)13-11-15(17-8-4-10-26-17)20-14-6-2-1-5-12(13)14/h1-11H,(H,21,23)(H,22,24). The highest BCUT2D eigenvalue weighted by Gasteiger charge is 2.16. The van der Waals surface area contributed by atoms with Crippen LogP contribution in [0, 0.1) is 0 Å². The second kappa shape index (κ2) is 6.81. The number of thiophene rings is 1. The molecule has 0 radical (unpaired) electrons. The first-order chi connectivity index (χ1) is 12.7. The molecule has 6 nitrogen and oxygen atoms in total. The molecule has 0 aliphatic rings. The molecule has 0 fully saturated rings. The zero-order chi connectivity index (χ0) is 17.9. The molecule has 3 heterocycles. The fourth-order valence-corrected chi connectivity index (χ4v) is 3.25. The van der Waals surface area contributed by atoms with Crippen LogP contribution in [-0.2, 0) is 0 Å². The van der Waals surface area contributed by atoms with Gasteiger partial charge in [0.1, 0.15) is 0 Å². The molecule has 3 aromatic heterocycles. The molecular formula is C19H13N3O3S. The first-order valence-electron chi connectivity index (χ1n) is 7.80. The Morgan fingerprint density at radius 2 is 1.81 bits per heavy atom. The summed E-state index contributed by atoms with van der Waals surface area (Å²) in [4.78, 5) is 30.2. The highest BCUT2D eigenvalue weighted by molar-refractivity contribution is 7.13. The average Bonchev–Trinajstić information content (AvgIpc) is 3.38. The van der Waals surface area contributed by atoms with Gasteiger partial charge in [0, 0.05) is 5.39 Å². The van der Waals surface area contributed by atoms with Gasteiger partial charge in [0.05, 0.1) is 27.9 Å². The van der Waals surface area contributed by atoms with Crippen molar-refractivity contribution in [1.29, 1.82) is 0 Å². The quantitative estimate of drug-likeness (QED) is 0.545. The van der Waals surface area contributed by atoms with Gasteiger partial charge in [-0.25, -0.2) is 4.98 Å². The average molecular weight is 363 g/mol. The van der Waals surface area contributed by atoms with Gasteiger partial charge in [-0.3, -0.25) is 20.4 Å². The van der Waals surface area contributed by atoms with Crippen molar-refractivity contribution in [1.82, 2.24) is 15.8 Å². The molecule has 1 aromatic carbocycles. The summed E-state index contributed by atoms with van der Waals surface area (Å²) in [7, 11) is 0. The van der Waals surface area contributed by atoms with Crippen molar-refractivity contribution in [2.24, 2.45) is 0 Å². The van der Waals surface area contributed by atoms with E-state index in [1.54, 1.807) is 23.5 Å². The summed E-state index contributed by atoms with van der Waals surface area (Å²) in [5.41, 5.74) is 6.63. The predicted molar refractivity (Wildman–Crippen MR) is 98.7 cm³/mol. The molecule has 0 saturated carbocycles. The Balaban J connectivity index is 1.66. The van der Waals surface area contributed by atoms with Gasteiger partial charge >= 0.3 is 5.91 Å². The zero-order valence-corrected chi connectivity index (χ0v) is 14.2. The summed E-state index contributed by atoms with van der Waals surface area (Å²) < 4.78 is 5.00. The third kappa shape index (κ3) is 3.07. The lowest BCUT2D eigenvalue weighted by Gasteiger charge is -2.10. The topological polar surface area (TPSA) is 84.2 Å². The molecule has 7 heteroatoms. The minimum atomic E-state index is -0.528. The Morgan fingerprint density at radius 3 is 2.58 bits per heavy atom. The van der Waals surface area contributed by atoms with Gasteiger partial charge < -0.3 is 4.42 Å². The number of nitrogens with one attached hydrogen (secondary N) is 2. The van der Waals surface area contributed by atoms with Crippen LogP contribution < -0.4 is 10.9 Å². The number of hydrogen-bond donors (Lipinski definition) is 2. The van der Waals surface area contributed by atoms with Crippen molar-refractivity contribution < 1.29 is 14.0 Å². The van der Waals surface area contributed by atoms with Crippen molar-refractivity contribution in [3.63, 3.8) is 0 Å². The molecule has 0 spiro atoms. The van der Waals surface area contributed by atoms with Gasteiger partial charge in [-0.05, 0) is 35.7 Å². The van der Waals surface area contributed by atoms with Gasteiger partial charge in [0.25, 0.3) is 5.91 Å². The maximum atomic E-state index is 12.7. The number of hydrogen-bond acceptors (Lipinski definition) is 5. The summed E-state index contributed by atoms with van der Waals surface area (Å²) in [6.45, 7) is 0. The van der Waals surface area contributed by atoms with Crippen LogP contribution in [0.3, 0.4) is 0 Å². The monoisotopic (exact) mass is 363 g/mol. The summed E-state index contributed by atoms with van der Waals surface area (Å²) in [5, 5.41) is 2.66. The second-order valence-corrected chi connectivity index (χ2v) is 6.38. The van der Waals surface area contributed by atoms with E-state index in [9.17, 15) is 9.59 Å². The van der Waals surface area contributed by atoms with Crippen LogP contribution >= 0.6 is 11.3 Å². The van der Waals surface area contributed by atoms with Crippen molar-refractivity contribution in [2.45, 2.75) is 0 Å². The van der Waals surface area contributed by atoms with Crippen LogP contribution in [0.4, 0.5) is 0 Å².